The predicted molar refractivity (Wildman–Crippen MR) is 58.0 cm³/mol. The Kier molecular flexibility index (Phi) is 4.22. The first kappa shape index (κ1) is 10.8. The summed E-state index contributed by atoms with van der Waals surface area (Å²) in [6.07, 6.45) is 4.91. The monoisotopic (exact) mass is 197 g/mol. The minimum Gasteiger partial charge on any atom is -0.368 e. The zero-order valence-corrected chi connectivity index (χ0v) is 8.88. The second-order valence-corrected chi connectivity index (χ2v) is 3.59. The number of aromatic amines is 1. The van der Waals surface area contributed by atoms with Crippen LogP contribution in [0.15, 0.2) is 0 Å². The Morgan fingerprint density at radius 3 is 2.86 bits per heavy atom. The van der Waals surface area contributed by atoms with Crippen LogP contribution in [0.3, 0.4) is 0 Å². The van der Waals surface area contributed by atoms with Gasteiger partial charge in [0.05, 0.1) is 0 Å². The van der Waals surface area contributed by atoms with Gasteiger partial charge < -0.3 is 11.1 Å². The van der Waals surface area contributed by atoms with Gasteiger partial charge in [0.1, 0.15) is 0 Å². The minimum absolute atomic E-state index is 0.355. The van der Waals surface area contributed by atoms with Gasteiger partial charge in [0, 0.05) is 6.04 Å². The average Bonchev–Trinajstić information content (AvgIpc) is 2.52. The standard InChI is InChI=1S/C9H19N5/c1-3-4-5-6-7(2)11-9-12-8(10)13-14-9/h7H,3-6H2,1-2H3,(H4,10,11,12,13,14). The van der Waals surface area contributed by atoms with Crippen LogP contribution in [0.25, 0.3) is 0 Å². The van der Waals surface area contributed by atoms with Gasteiger partial charge in [-0.3, -0.25) is 0 Å². The van der Waals surface area contributed by atoms with Crippen molar-refractivity contribution in [3.8, 4) is 0 Å². The molecule has 0 fully saturated rings. The molecule has 0 radical (unpaired) electrons. The summed E-state index contributed by atoms with van der Waals surface area (Å²) in [7, 11) is 0. The molecule has 0 saturated heterocycles. The number of hydrogen-bond donors (Lipinski definition) is 3. The van der Waals surface area contributed by atoms with Crippen molar-refractivity contribution in [1.82, 2.24) is 15.2 Å². The maximum absolute atomic E-state index is 5.41. The third-order valence-corrected chi connectivity index (χ3v) is 2.12. The van der Waals surface area contributed by atoms with Gasteiger partial charge in [-0.2, -0.15) is 4.98 Å². The summed E-state index contributed by atoms with van der Waals surface area (Å²) in [5.74, 6) is 0.944. The number of nitrogens with two attached hydrogens (primary N) is 1. The number of H-pyrrole nitrogens is 1. The molecule has 1 heterocycles. The van der Waals surface area contributed by atoms with Gasteiger partial charge in [0.25, 0.3) is 0 Å². The largest absolute Gasteiger partial charge is 0.368 e. The molecule has 0 bridgehead atoms. The highest BCUT2D eigenvalue weighted by Crippen LogP contribution is 2.07. The van der Waals surface area contributed by atoms with E-state index in [9.17, 15) is 0 Å². The average molecular weight is 197 g/mol. The number of rotatable bonds is 6. The molecule has 80 valence electrons. The first-order valence-electron chi connectivity index (χ1n) is 5.16. The Hall–Kier alpha value is -1.26. The van der Waals surface area contributed by atoms with Crippen LogP contribution in [0.5, 0.6) is 0 Å². The summed E-state index contributed by atoms with van der Waals surface area (Å²) in [5.41, 5.74) is 5.41. The number of nitrogens with one attached hydrogen (secondary N) is 2. The molecular formula is C9H19N5. The van der Waals surface area contributed by atoms with Crippen molar-refractivity contribution >= 4 is 11.9 Å². The van der Waals surface area contributed by atoms with Crippen molar-refractivity contribution in [1.29, 1.82) is 0 Å². The first-order chi connectivity index (χ1) is 6.72. The number of anilines is 2. The van der Waals surface area contributed by atoms with E-state index >= 15 is 0 Å². The maximum atomic E-state index is 5.41. The van der Waals surface area contributed by atoms with E-state index in [1.807, 2.05) is 0 Å². The molecule has 0 aliphatic rings. The Balaban J connectivity index is 2.23. The van der Waals surface area contributed by atoms with Crippen LogP contribution in [0.1, 0.15) is 39.5 Å². The van der Waals surface area contributed by atoms with Gasteiger partial charge in [0.2, 0.25) is 11.9 Å². The number of nitrogens with zero attached hydrogens (tertiary/aromatic N) is 2. The van der Waals surface area contributed by atoms with Gasteiger partial charge in [-0.15, -0.1) is 5.10 Å². The lowest BCUT2D eigenvalue weighted by Gasteiger charge is -2.11. The summed E-state index contributed by atoms with van der Waals surface area (Å²) >= 11 is 0. The first-order valence-corrected chi connectivity index (χ1v) is 5.16. The van der Waals surface area contributed by atoms with Crippen molar-refractivity contribution in [2.75, 3.05) is 11.1 Å². The molecule has 0 amide bonds. The molecule has 14 heavy (non-hydrogen) atoms. The Labute approximate surface area is 84.5 Å². The van der Waals surface area contributed by atoms with Crippen molar-refractivity contribution in [2.45, 2.75) is 45.6 Å². The third-order valence-electron chi connectivity index (χ3n) is 2.12. The molecule has 0 spiro atoms. The quantitative estimate of drug-likeness (QED) is 0.607. The van der Waals surface area contributed by atoms with Gasteiger partial charge in [-0.05, 0) is 13.3 Å². The summed E-state index contributed by atoms with van der Waals surface area (Å²) in [6.45, 7) is 4.33. The Morgan fingerprint density at radius 2 is 2.29 bits per heavy atom. The normalized spacial score (nSPS) is 12.7. The lowest BCUT2D eigenvalue weighted by molar-refractivity contribution is 0.612. The Morgan fingerprint density at radius 1 is 1.50 bits per heavy atom. The zero-order chi connectivity index (χ0) is 10.4. The summed E-state index contributed by atoms with van der Waals surface area (Å²) < 4.78 is 0. The molecule has 1 rings (SSSR count). The molecule has 0 aliphatic carbocycles. The van der Waals surface area contributed by atoms with Crippen LogP contribution >= 0.6 is 0 Å². The molecule has 1 aromatic heterocycles. The summed E-state index contributed by atoms with van der Waals surface area (Å²) in [6, 6.07) is 0.400. The molecule has 0 aliphatic heterocycles. The van der Waals surface area contributed by atoms with Gasteiger partial charge in [-0.25, -0.2) is 5.10 Å². The maximum Gasteiger partial charge on any atom is 0.243 e. The van der Waals surface area contributed by atoms with Crippen LogP contribution in [-0.2, 0) is 0 Å². The number of aromatic nitrogens is 3. The number of unbranched alkanes of at least 4 members (excludes halogenated alkanes) is 2. The van der Waals surface area contributed by atoms with Crippen LogP contribution in [0, 0.1) is 0 Å². The van der Waals surface area contributed by atoms with Gasteiger partial charge in [-0.1, -0.05) is 26.2 Å². The zero-order valence-electron chi connectivity index (χ0n) is 8.88. The fourth-order valence-electron chi connectivity index (χ4n) is 1.33. The van der Waals surface area contributed by atoms with Gasteiger partial charge in [0.15, 0.2) is 0 Å². The lowest BCUT2D eigenvalue weighted by atomic mass is 10.1. The van der Waals surface area contributed by atoms with E-state index in [1.54, 1.807) is 0 Å². The molecule has 0 saturated carbocycles. The highest BCUT2D eigenvalue weighted by Gasteiger charge is 2.04. The van der Waals surface area contributed by atoms with Crippen LogP contribution in [-0.4, -0.2) is 21.2 Å². The van der Waals surface area contributed by atoms with E-state index in [0.717, 1.165) is 6.42 Å². The summed E-state index contributed by atoms with van der Waals surface area (Å²) in [4.78, 5) is 3.98. The van der Waals surface area contributed by atoms with E-state index in [4.69, 9.17) is 5.73 Å². The molecule has 1 unspecified atom stereocenters. The third kappa shape index (κ3) is 3.64. The fraction of sp³-hybridized carbons (Fsp3) is 0.778. The number of hydrogen-bond acceptors (Lipinski definition) is 4. The van der Waals surface area contributed by atoms with Crippen molar-refractivity contribution in [3.63, 3.8) is 0 Å². The predicted octanol–water partition coefficient (Wildman–Crippen LogP) is 1.77. The molecule has 5 heteroatoms. The topological polar surface area (TPSA) is 79.6 Å². The van der Waals surface area contributed by atoms with E-state index in [2.05, 4.69) is 34.3 Å². The molecule has 1 atom stereocenters. The van der Waals surface area contributed by atoms with E-state index in [1.165, 1.54) is 19.3 Å². The number of nitrogen functional groups attached to an aromatic ring is 1. The van der Waals surface area contributed by atoms with E-state index in [0.29, 0.717) is 17.9 Å². The van der Waals surface area contributed by atoms with Gasteiger partial charge >= 0.3 is 0 Å². The molecule has 0 aromatic carbocycles. The van der Waals surface area contributed by atoms with Crippen molar-refractivity contribution in [3.05, 3.63) is 0 Å². The smallest absolute Gasteiger partial charge is 0.243 e. The second-order valence-electron chi connectivity index (χ2n) is 3.59. The van der Waals surface area contributed by atoms with Crippen LogP contribution < -0.4 is 11.1 Å². The highest BCUT2D eigenvalue weighted by molar-refractivity contribution is 5.30. The molecule has 4 N–H and O–H groups in total. The minimum atomic E-state index is 0.355. The summed E-state index contributed by atoms with van der Waals surface area (Å²) in [5, 5.41) is 9.70. The van der Waals surface area contributed by atoms with Crippen molar-refractivity contribution < 1.29 is 0 Å². The van der Waals surface area contributed by atoms with Crippen LogP contribution in [0.2, 0.25) is 0 Å². The van der Waals surface area contributed by atoms with Crippen molar-refractivity contribution in [2.24, 2.45) is 0 Å². The molecule has 1 aromatic rings. The molecule has 5 nitrogen and oxygen atoms in total. The van der Waals surface area contributed by atoms with Crippen LogP contribution in [0.4, 0.5) is 11.9 Å². The highest BCUT2D eigenvalue weighted by atomic mass is 15.3. The van der Waals surface area contributed by atoms with E-state index in [-0.39, 0.29) is 0 Å². The SMILES string of the molecule is CCCCCC(C)Nc1n[nH]c(N)n1. The fourth-order valence-corrected chi connectivity index (χ4v) is 1.33. The Bertz CT molecular complexity index is 257. The lowest BCUT2D eigenvalue weighted by Crippen LogP contribution is -2.15. The second kappa shape index (κ2) is 5.47. The molecular weight excluding hydrogens is 178 g/mol. The van der Waals surface area contributed by atoms with E-state index < -0.39 is 0 Å².